The Kier molecular flexibility index (Phi) is 5.55. The summed E-state index contributed by atoms with van der Waals surface area (Å²) in [5, 5.41) is 18.6. The van der Waals surface area contributed by atoms with E-state index in [1.165, 1.54) is 30.0 Å². The van der Waals surface area contributed by atoms with Crippen LogP contribution >= 0.6 is 23.1 Å². The molecule has 0 radical (unpaired) electrons. The zero-order chi connectivity index (χ0) is 17.0. The van der Waals surface area contributed by atoms with Crippen molar-refractivity contribution in [3.05, 3.63) is 34.4 Å². The van der Waals surface area contributed by atoms with E-state index in [1.807, 2.05) is 0 Å². The fraction of sp³-hybridized carbons (Fsp3) is 0.333. The number of anilines is 1. The Morgan fingerprint density at radius 2 is 2.13 bits per heavy atom. The average Bonchev–Trinajstić information content (AvgIpc) is 2.92. The van der Waals surface area contributed by atoms with Crippen LogP contribution in [0.4, 0.5) is 10.8 Å². The molecule has 0 saturated heterocycles. The van der Waals surface area contributed by atoms with Gasteiger partial charge in [-0.3, -0.25) is 14.8 Å². The molecule has 0 saturated carbocycles. The number of nitro benzene ring substituents is 1. The molecule has 1 aromatic heterocycles. The predicted octanol–water partition coefficient (Wildman–Crippen LogP) is 3.00. The maximum atomic E-state index is 12.3. The van der Waals surface area contributed by atoms with Crippen molar-refractivity contribution in [2.45, 2.75) is 23.1 Å². The molecule has 1 heterocycles. The molecule has 0 atom stereocenters. The summed E-state index contributed by atoms with van der Waals surface area (Å²) in [6.45, 7) is 4.14. The minimum atomic E-state index is -3.94. The van der Waals surface area contributed by atoms with Crippen molar-refractivity contribution in [3.63, 3.8) is 0 Å². The highest BCUT2D eigenvalue weighted by molar-refractivity contribution is 8.01. The van der Waals surface area contributed by atoms with Gasteiger partial charge in [-0.2, -0.15) is 0 Å². The Balaban J connectivity index is 2.15. The van der Waals surface area contributed by atoms with Gasteiger partial charge in [0.05, 0.1) is 9.82 Å². The van der Waals surface area contributed by atoms with Crippen LogP contribution in [0.5, 0.6) is 0 Å². The Morgan fingerprint density at radius 1 is 1.39 bits per heavy atom. The molecule has 11 heteroatoms. The van der Waals surface area contributed by atoms with Crippen molar-refractivity contribution in [1.29, 1.82) is 0 Å². The van der Waals surface area contributed by atoms with Gasteiger partial charge in [0.25, 0.3) is 15.7 Å². The van der Waals surface area contributed by atoms with Crippen molar-refractivity contribution in [2.24, 2.45) is 5.92 Å². The van der Waals surface area contributed by atoms with E-state index in [-0.39, 0.29) is 15.7 Å². The van der Waals surface area contributed by atoms with Crippen LogP contribution in [0.2, 0.25) is 0 Å². The van der Waals surface area contributed by atoms with Gasteiger partial charge in [0, 0.05) is 17.9 Å². The Bertz CT molecular complexity index is 804. The number of sulfonamides is 1. The summed E-state index contributed by atoms with van der Waals surface area (Å²) in [7, 11) is -3.94. The molecule has 1 aromatic carbocycles. The minimum Gasteiger partial charge on any atom is -0.258 e. The molecule has 2 rings (SSSR count). The van der Waals surface area contributed by atoms with Gasteiger partial charge in [0.1, 0.15) is 0 Å². The van der Waals surface area contributed by atoms with Crippen LogP contribution < -0.4 is 4.72 Å². The summed E-state index contributed by atoms with van der Waals surface area (Å²) >= 11 is 2.62. The molecule has 0 aliphatic carbocycles. The van der Waals surface area contributed by atoms with Crippen LogP contribution in [0, 0.1) is 16.0 Å². The second-order valence-electron chi connectivity index (χ2n) is 4.94. The van der Waals surface area contributed by atoms with Gasteiger partial charge in [-0.25, -0.2) is 8.42 Å². The lowest BCUT2D eigenvalue weighted by Crippen LogP contribution is -2.13. The average molecular weight is 374 g/mol. The fourth-order valence-electron chi connectivity index (χ4n) is 1.49. The maximum Gasteiger partial charge on any atom is 0.270 e. The van der Waals surface area contributed by atoms with E-state index in [4.69, 9.17) is 0 Å². The predicted molar refractivity (Wildman–Crippen MR) is 89.4 cm³/mol. The monoisotopic (exact) mass is 374 g/mol. The molecular weight excluding hydrogens is 360 g/mol. The molecule has 23 heavy (non-hydrogen) atoms. The lowest BCUT2D eigenvalue weighted by atomic mass is 10.3. The standard InChI is InChI=1S/C12H14N4O4S3/c1-8(2)7-21-12-14-13-11(22-12)15-23(19,20)10-5-3-4-9(6-10)16(17)18/h3-6,8H,7H2,1-2H3,(H,13,15). The van der Waals surface area contributed by atoms with Crippen molar-refractivity contribution in [3.8, 4) is 0 Å². The summed E-state index contributed by atoms with van der Waals surface area (Å²) in [5.74, 6) is 1.33. The third-order valence-electron chi connectivity index (χ3n) is 2.51. The van der Waals surface area contributed by atoms with E-state index >= 15 is 0 Å². The van der Waals surface area contributed by atoms with Gasteiger partial charge < -0.3 is 0 Å². The van der Waals surface area contributed by atoms with Crippen molar-refractivity contribution >= 4 is 43.9 Å². The van der Waals surface area contributed by atoms with Gasteiger partial charge in [0.2, 0.25) is 5.13 Å². The van der Waals surface area contributed by atoms with Crippen LogP contribution in [0.25, 0.3) is 0 Å². The van der Waals surface area contributed by atoms with Gasteiger partial charge in [-0.15, -0.1) is 10.2 Å². The molecule has 0 unspecified atom stereocenters. The van der Waals surface area contributed by atoms with Crippen molar-refractivity contribution < 1.29 is 13.3 Å². The summed E-state index contributed by atoms with van der Waals surface area (Å²) < 4.78 is 27.5. The third-order valence-corrected chi connectivity index (χ3v) is 6.37. The summed E-state index contributed by atoms with van der Waals surface area (Å²) in [5.41, 5.74) is -0.293. The van der Waals surface area contributed by atoms with Gasteiger partial charge >= 0.3 is 0 Å². The first-order valence-corrected chi connectivity index (χ1v) is 9.80. The SMILES string of the molecule is CC(C)CSc1nnc(NS(=O)(=O)c2cccc([N+](=O)[O-])c2)s1. The zero-order valence-corrected chi connectivity index (χ0v) is 14.7. The van der Waals surface area contributed by atoms with E-state index in [9.17, 15) is 18.5 Å². The minimum absolute atomic E-state index is 0.128. The summed E-state index contributed by atoms with van der Waals surface area (Å²) in [6, 6.07) is 4.82. The number of rotatable bonds is 7. The van der Waals surface area contributed by atoms with Gasteiger partial charge in [-0.05, 0) is 12.0 Å². The number of aromatic nitrogens is 2. The molecule has 0 fully saturated rings. The fourth-order valence-corrected chi connectivity index (χ4v) is 4.48. The number of non-ortho nitro benzene ring substituents is 1. The van der Waals surface area contributed by atoms with E-state index < -0.39 is 14.9 Å². The number of thioether (sulfide) groups is 1. The summed E-state index contributed by atoms with van der Waals surface area (Å²) in [6.07, 6.45) is 0. The first kappa shape index (κ1) is 17.6. The van der Waals surface area contributed by atoms with Crippen LogP contribution in [0.3, 0.4) is 0 Å². The molecule has 0 bridgehead atoms. The highest BCUT2D eigenvalue weighted by Gasteiger charge is 2.19. The number of nitrogens with zero attached hydrogens (tertiary/aromatic N) is 3. The van der Waals surface area contributed by atoms with Crippen molar-refractivity contribution in [1.82, 2.24) is 10.2 Å². The molecule has 8 nitrogen and oxygen atoms in total. The van der Waals surface area contributed by atoms with Crippen LogP contribution in [-0.4, -0.2) is 29.3 Å². The Labute approximate surface area is 141 Å². The van der Waals surface area contributed by atoms with E-state index in [0.29, 0.717) is 10.3 Å². The molecule has 0 aliphatic heterocycles. The Morgan fingerprint density at radius 3 is 2.78 bits per heavy atom. The number of nitrogens with one attached hydrogen (secondary N) is 1. The zero-order valence-electron chi connectivity index (χ0n) is 12.3. The Hall–Kier alpha value is -1.72. The number of hydrogen-bond acceptors (Lipinski definition) is 8. The largest absolute Gasteiger partial charge is 0.270 e. The van der Waals surface area contributed by atoms with Crippen LogP contribution in [0.1, 0.15) is 13.8 Å². The molecule has 2 aromatic rings. The molecule has 1 N–H and O–H groups in total. The normalized spacial score (nSPS) is 11.6. The second-order valence-corrected chi connectivity index (χ2v) is 8.86. The molecule has 0 amide bonds. The molecule has 124 valence electrons. The third kappa shape index (κ3) is 4.88. The lowest BCUT2D eigenvalue weighted by Gasteiger charge is -2.04. The highest BCUT2D eigenvalue weighted by atomic mass is 32.2. The highest BCUT2D eigenvalue weighted by Crippen LogP contribution is 2.28. The van der Waals surface area contributed by atoms with Gasteiger partial charge in [0.15, 0.2) is 4.34 Å². The second kappa shape index (κ2) is 7.23. The summed E-state index contributed by atoms with van der Waals surface area (Å²) in [4.78, 5) is 9.89. The quantitative estimate of drug-likeness (QED) is 0.450. The molecule has 0 spiro atoms. The maximum absolute atomic E-state index is 12.3. The first-order valence-electron chi connectivity index (χ1n) is 6.51. The smallest absolute Gasteiger partial charge is 0.258 e. The number of nitro groups is 1. The van der Waals surface area contributed by atoms with Crippen molar-refractivity contribution in [2.75, 3.05) is 10.5 Å². The lowest BCUT2D eigenvalue weighted by molar-refractivity contribution is -0.385. The van der Waals surface area contributed by atoms with Crippen LogP contribution in [-0.2, 0) is 10.0 Å². The number of benzene rings is 1. The topological polar surface area (TPSA) is 115 Å². The van der Waals surface area contributed by atoms with E-state index in [2.05, 4.69) is 28.8 Å². The van der Waals surface area contributed by atoms with E-state index in [1.54, 1.807) is 0 Å². The molecule has 0 aliphatic rings. The van der Waals surface area contributed by atoms with E-state index in [0.717, 1.165) is 23.2 Å². The first-order chi connectivity index (χ1) is 10.8. The van der Waals surface area contributed by atoms with Gasteiger partial charge in [-0.1, -0.05) is 43.0 Å². The van der Waals surface area contributed by atoms with Crippen LogP contribution in [0.15, 0.2) is 33.5 Å². The number of hydrogen-bond donors (Lipinski definition) is 1. The molecular formula is C12H14N4O4S3.